The van der Waals surface area contributed by atoms with Crippen molar-refractivity contribution < 1.29 is 0 Å². The first kappa shape index (κ1) is 8.93. The summed E-state index contributed by atoms with van der Waals surface area (Å²) in [5.41, 5.74) is 0.649. The van der Waals surface area contributed by atoms with E-state index in [0.717, 1.165) is 11.8 Å². The highest BCUT2D eigenvalue weighted by molar-refractivity contribution is 8.00. The highest BCUT2D eigenvalue weighted by Gasteiger charge is 2.58. The average Bonchev–Trinajstić information content (AvgIpc) is 2.04. The molecule has 0 saturated heterocycles. The predicted molar refractivity (Wildman–Crippen MR) is 56.5 cm³/mol. The minimum atomic E-state index is 0.595. The molecule has 0 nitrogen and oxygen atoms in total. The summed E-state index contributed by atoms with van der Waals surface area (Å²) in [5, 5.41) is 0. The standard InChI is InChI=1S/C11H20S/c1-10(2)8-5-6-11(3,12-4)9(10)7-8/h8-9H,5-7H2,1-4H3. The molecule has 3 aliphatic carbocycles. The van der Waals surface area contributed by atoms with Gasteiger partial charge in [-0.3, -0.25) is 0 Å². The van der Waals surface area contributed by atoms with Crippen LogP contribution < -0.4 is 0 Å². The molecule has 1 heteroatoms. The van der Waals surface area contributed by atoms with Crippen LogP contribution in [0.2, 0.25) is 0 Å². The van der Waals surface area contributed by atoms with E-state index in [4.69, 9.17) is 0 Å². The van der Waals surface area contributed by atoms with E-state index in [1.54, 1.807) is 0 Å². The highest BCUT2D eigenvalue weighted by Crippen LogP contribution is 2.65. The van der Waals surface area contributed by atoms with Crippen LogP contribution in [0.4, 0.5) is 0 Å². The van der Waals surface area contributed by atoms with Crippen LogP contribution in [0.25, 0.3) is 0 Å². The zero-order valence-corrected chi connectivity index (χ0v) is 9.50. The Kier molecular flexibility index (Phi) is 1.81. The minimum Gasteiger partial charge on any atom is -0.159 e. The van der Waals surface area contributed by atoms with Gasteiger partial charge in [0.15, 0.2) is 0 Å². The van der Waals surface area contributed by atoms with Gasteiger partial charge in [0.05, 0.1) is 0 Å². The van der Waals surface area contributed by atoms with E-state index in [1.807, 2.05) is 0 Å². The van der Waals surface area contributed by atoms with Gasteiger partial charge < -0.3 is 0 Å². The first-order chi connectivity index (χ1) is 5.50. The topological polar surface area (TPSA) is 0 Å². The SMILES string of the molecule is CSC1(C)CCC2CC1C2(C)C. The van der Waals surface area contributed by atoms with Gasteiger partial charge in [-0.15, -0.1) is 0 Å². The molecule has 3 unspecified atom stereocenters. The lowest BCUT2D eigenvalue weighted by atomic mass is 9.45. The summed E-state index contributed by atoms with van der Waals surface area (Å²) in [4.78, 5) is 0. The Hall–Kier alpha value is 0.350. The average molecular weight is 184 g/mol. The molecule has 0 aliphatic heterocycles. The van der Waals surface area contributed by atoms with E-state index >= 15 is 0 Å². The summed E-state index contributed by atoms with van der Waals surface area (Å²) in [6, 6.07) is 0. The molecule has 3 fully saturated rings. The molecule has 70 valence electrons. The molecule has 0 heterocycles. The maximum atomic E-state index is 2.47. The third-order valence-electron chi connectivity index (χ3n) is 4.66. The Labute approximate surface area is 80.5 Å². The van der Waals surface area contributed by atoms with Crippen molar-refractivity contribution in [2.24, 2.45) is 17.3 Å². The molecule has 0 aromatic rings. The van der Waals surface area contributed by atoms with Gasteiger partial charge in [0.1, 0.15) is 0 Å². The predicted octanol–water partition coefficient (Wildman–Crippen LogP) is 3.56. The molecule has 3 atom stereocenters. The molecule has 0 spiro atoms. The molecule has 3 aliphatic rings. The van der Waals surface area contributed by atoms with E-state index in [2.05, 4.69) is 38.8 Å². The number of thioether (sulfide) groups is 1. The Morgan fingerprint density at radius 1 is 1.25 bits per heavy atom. The van der Waals surface area contributed by atoms with Crippen LogP contribution in [0.3, 0.4) is 0 Å². The lowest BCUT2D eigenvalue weighted by molar-refractivity contribution is -0.0850. The van der Waals surface area contributed by atoms with E-state index in [1.165, 1.54) is 19.3 Å². The van der Waals surface area contributed by atoms with Crippen molar-refractivity contribution in [1.29, 1.82) is 0 Å². The van der Waals surface area contributed by atoms with Crippen LogP contribution >= 0.6 is 11.8 Å². The molecule has 0 aromatic carbocycles. The maximum absolute atomic E-state index is 2.47. The van der Waals surface area contributed by atoms with E-state index in [0.29, 0.717) is 10.2 Å². The van der Waals surface area contributed by atoms with E-state index in [9.17, 15) is 0 Å². The molecule has 0 radical (unpaired) electrons. The fourth-order valence-electron chi connectivity index (χ4n) is 3.42. The third kappa shape index (κ3) is 0.921. The fraction of sp³-hybridized carbons (Fsp3) is 1.00. The second-order valence-corrected chi connectivity index (χ2v) is 6.70. The third-order valence-corrected chi connectivity index (χ3v) is 6.08. The summed E-state index contributed by atoms with van der Waals surface area (Å²) < 4.78 is 0.595. The van der Waals surface area contributed by atoms with E-state index in [-0.39, 0.29) is 0 Å². The van der Waals surface area contributed by atoms with Crippen molar-refractivity contribution in [1.82, 2.24) is 0 Å². The van der Waals surface area contributed by atoms with Gasteiger partial charge in [0, 0.05) is 4.75 Å². The Morgan fingerprint density at radius 2 is 1.92 bits per heavy atom. The van der Waals surface area contributed by atoms with Gasteiger partial charge in [0.25, 0.3) is 0 Å². The van der Waals surface area contributed by atoms with Crippen molar-refractivity contribution in [2.45, 2.75) is 44.8 Å². The molecule has 3 saturated carbocycles. The van der Waals surface area contributed by atoms with Gasteiger partial charge in [0.2, 0.25) is 0 Å². The summed E-state index contributed by atoms with van der Waals surface area (Å²) in [7, 11) is 0. The summed E-state index contributed by atoms with van der Waals surface area (Å²) >= 11 is 2.10. The van der Waals surface area contributed by atoms with Crippen molar-refractivity contribution >= 4 is 11.8 Å². The smallest absolute Gasteiger partial charge is 0.0162 e. The van der Waals surface area contributed by atoms with Gasteiger partial charge in [-0.1, -0.05) is 20.8 Å². The zero-order chi connectivity index (χ0) is 8.98. The summed E-state index contributed by atoms with van der Waals surface area (Å²) in [6.07, 6.45) is 6.72. The molecular formula is C11H20S. The highest BCUT2D eigenvalue weighted by atomic mass is 32.2. The number of fused-ring (bicyclic) bond motifs is 2. The Morgan fingerprint density at radius 3 is 2.25 bits per heavy atom. The van der Waals surface area contributed by atoms with Crippen LogP contribution in [0, 0.1) is 17.3 Å². The van der Waals surface area contributed by atoms with Crippen LogP contribution in [-0.4, -0.2) is 11.0 Å². The quantitative estimate of drug-likeness (QED) is 0.600. The number of rotatable bonds is 1. The van der Waals surface area contributed by atoms with Crippen molar-refractivity contribution in [2.75, 3.05) is 6.26 Å². The van der Waals surface area contributed by atoms with Crippen LogP contribution in [0.5, 0.6) is 0 Å². The van der Waals surface area contributed by atoms with Gasteiger partial charge in [-0.25, -0.2) is 0 Å². The Balaban J connectivity index is 2.21. The normalized spacial score (nSPS) is 50.0. The second-order valence-electron chi connectivity index (χ2n) is 5.36. The molecule has 0 amide bonds. The fourth-order valence-corrected chi connectivity index (χ4v) is 4.43. The van der Waals surface area contributed by atoms with Crippen LogP contribution in [0.15, 0.2) is 0 Å². The molecule has 3 rings (SSSR count). The van der Waals surface area contributed by atoms with Crippen LogP contribution in [-0.2, 0) is 0 Å². The second kappa shape index (κ2) is 2.43. The largest absolute Gasteiger partial charge is 0.159 e. The number of hydrogen-bond acceptors (Lipinski definition) is 1. The first-order valence-electron chi connectivity index (χ1n) is 5.06. The van der Waals surface area contributed by atoms with Gasteiger partial charge in [-0.2, -0.15) is 11.8 Å². The van der Waals surface area contributed by atoms with Crippen molar-refractivity contribution in [3.05, 3.63) is 0 Å². The van der Waals surface area contributed by atoms with Crippen molar-refractivity contribution in [3.8, 4) is 0 Å². The molecule has 12 heavy (non-hydrogen) atoms. The number of hydrogen-bond donors (Lipinski definition) is 0. The molecule has 0 aromatic heterocycles. The zero-order valence-electron chi connectivity index (χ0n) is 8.68. The molecule has 0 N–H and O–H groups in total. The Bertz CT molecular complexity index is 195. The summed E-state index contributed by atoms with van der Waals surface area (Å²) in [6.45, 7) is 7.42. The lowest BCUT2D eigenvalue weighted by Gasteiger charge is -2.64. The monoisotopic (exact) mass is 184 g/mol. The van der Waals surface area contributed by atoms with Gasteiger partial charge >= 0.3 is 0 Å². The van der Waals surface area contributed by atoms with Crippen molar-refractivity contribution in [3.63, 3.8) is 0 Å². The van der Waals surface area contributed by atoms with Crippen LogP contribution in [0.1, 0.15) is 40.0 Å². The summed E-state index contributed by atoms with van der Waals surface area (Å²) in [5.74, 6) is 2.03. The van der Waals surface area contributed by atoms with Gasteiger partial charge in [-0.05, 0) is 42.8 Å². The first-order valence-corrected chi connectivity index (χ1v) is 6.28. The molecule has 2 bridgehead atoms. The maximum Gasteiger partial charge on any atom is 0.0162 e. The molecular weight excluding hydrogens is 164 g/mol. The van der Waals surface area contributed by atoms with E-state index < -0.39 is 0 Å². The minimum absolute atomic E-state index is 0.595. The lowest BCUT2D eigenvalue weighted by Crippen LogP contribution is -2.58.